The summed E-state index contributed by atoms with van der Waals surface area (Å²) in [6.45, 7) is 3.57. The molecule has 4 saturated heterocycles. The van der Waals surface area contributed by atoms with Crippen LogP contribution in [0.2, 0.25) is 0 Å². The van der Waals surface area contributed by atoms with Crippen molar-refractivity contribution >= 4 is 17.4 Å². The molecule has 5 fully saturated rings. The molecule has 1 saturated carbocycles. The van der Waals surface area contributed by atoms with Crippen LogP contribution in [0.1, 0.15) is 18.9 Å². The van der Waals surface area contributed by atoms with Gasteiger partial charge in [0.2, 0.25) is 11.5 Å². The first-order valence-electron chi connectivity index (χ1n) is 9.67. The third kappa shape index (κ3) is 1.26. The second-order valence-electron chi connectivity index (χ2n) is 9.08. The molecule has 1 spiro atoms. The molecule has 1 aromatic carbocycles. The zero-order valence-electron chi connectivity index (χ0n) is 15.5. The van der Waals surface area contributed by atoms with Crippen molar-refractivity contribution < 1.29 is 23.9 Å². The Bertz CT molecular complexity index is 973. The standard InChI is InChI=1S/C21H22N2O4/c1-3-12-10-23(2)9-8-20-13-6-4-5-7-14(13)22-21(20)17(24)16(23)15(12)19(20,11-27-21)18(25)26/h3-7,15-16,22H,8-11H2,1-2H3/p+1/b12-3-/t15-,16?,19+,20+,21-,23?/m1/s1. The van der Waals surface area contributed by atoms with Crippen molar-refractivity contribution in [1.82, 2.24) is 0 Å². The summed E-state index contributed by atoms with van der Waals surface area (Å²) in [5.41, 5.74) is -0.372. The van der Waals surface area contributed by atoms with Crippen molar-refractivity contribution in [2.45, 2.75) is 30.5 Å². The van der Waals surface area contributed by atoms with Crippen molar-refractivity contribution in [3.05, 3.63) is 41.5 Å². The molecule has 2 unspecified atom stereocenters. The van der Waals surface area contributed by atoms with Crippen molar-refractivity contribution in [3.63, 3.8) is 0 Å². The lowest BCUT2D eigenvalue weighted by Crippen LogP contribution is -2.72. The van der Waals surface area contributed by atoms with Crippen LogP contribution in [0.15, 0.2) is 35.9 Å². The molecule has 0 radical (unpaired) electrons. The molecule has 2 N–H and O–H groups in total. The molecule has 6 heteroatoms. The van der Waals surface area contributed by atoms with Crippen molar-refractivity contribution in [2.24, 2.45) is 11.3 Å². The molecular weight excluding hydrogens is 344 g/mol. The summed E-state index contributed by atoms with van der Waals surface area (Å²) in [5, 5.41) is 14.1. The number of anilines is 1. The highest BCUT2D eigenvalue weighted by Gasteiger charge is 2.90. The van der Waals surface area contributed by atoms with Gasteiger partial charge >= 0.3 is 5.97 Å². The van der Waals surface area contributed by atoms with E-state index in [1.165, 1.54) is 0 Å². The van der Waals surface area contributed by atoms with Crippen LogP contribution in [-0.4, -0.2) is 59.9 Å². The van der Waals surface area contributed by atoms with Gasteiger partial charge in [-0.2, -0.15) is 0 Å². The Kier molecular flexibility index (Phi) is 2.51. The number of para-hydroxylation sites is 1. The van der Waals surface area contributed by atoms with E-state index < -0.39 is 22.5 Å². The predicted octanol–water partition coefficient (Wildman–Crippen LogP) is 1.53. The van der Waals surface area contributed by atoms with Crippen LogP contribution in [0.5, 0.6) is 0 Å². The Balaban J connectivity index is 1.79. The van der Waals surface area contributed by atoms with Gasteiger partial charge in [-0.25, -0.2) is 0 Å². The Labute approximate surface area is 157 Å². The average molecular weight is 367 g/mol. The van der Waals surface area contributed by atoms with Gasteiger partial charge in [-0.15, -0.1) is 0 Å². The number of Topliss-reactive ketones (excluding diaryl/α,β-unsaturated/α-hetero) is 1. The third-order valence-corrected chi connectivity index (χ3v) is 8.40. The van der Waals surface area contributed by atoms with E-state index in [2.05, 4.69) is 12.4 Å². The number of allylic oxidation sites excluding steroid dienone is 1. The number of nitrogens with one attached hydrogen (secondary N) is 1. The first kappa shape index (κ1) is 15.8. The second kappa shape index (κ2) is 4.28. The van der Waals surface area contributed by atoms with Gasteiger partial charge in [0.1, 0.15) is 12.0 Å². The second-order valence-corrected chi connectivity index (χ2v) is 9.08. The Morgan fingerprint density at radius 3 is 2.93 bits per heavy atom. The van der Waals surface area contributed by atoms with E-state index in [1.54, 1.807) is 0 Å². The van der Waals surface area contributed by atoms with Crippen LogP contribution in [0.3, 0.4) is 0 Å². The number of aliphatic carboxylic acids is 1. The van der Waals surface area contributed by atoms with Gasteiger partial charge in [-0.3, -0.25) is 9.59 Å². The van der Waals surface area contributed by atoms with Gasteiger partial charge in [0, 0.05) is 12.1 Å². The molecule has 5 heterocycles. The fourth-order valence-corrected chi connectivity index (χ4v) is 7.44. The van der Waals surface area contributed by atoms with Crippen molar-refractivity contribution in [1.29, 1.82) is 0 Å². The van der Waals surface area contributed by atoms with Gasteiger partial charge in [-0.1, -0.05) is 24.3 Å². The number of carboxylic acids is 1. The minimum absolute atomic E-state index is 0.0370. The number of benzene rings is 1. The zero-order valence-corrected chi connectivity index (χ0v) is 15.5. The normalized spacial score (nSPS) is 49.7. The third-order valence-electron chi connectivity index (χ3n) is 8.40. The number of carbonyl (C=O) groups excluding carboxylic acids is 1. The molecule has 1 aromatic rings. The summed E-state index contributed by atoms with van der Waals surface area (Å²) in [4.78, 5) is 27.0. The molecule has 0 amide bonds. The summed E-state index contributed by atoms with van der Waals surface area (Å²) in [5.74, 6) is -1.11. The van der Waals surface area contributed by atoms with E-state index >= 15 is 0 Å². The molecule has 6 aliphatic rings. The quantitative estimate of drug-likeness (QED) is 0.582. The fourth-order valence-electron chi connectivity index (χ4n) is 7.44. The van der Waals surface area contributed by atoms with Crippen LogP contribution < -0.4 is 5.32 Å². The first-order chi connectivity index (χ1) is 12.9. The SMILES string of the molecule is C/C=C1/C[N+]2(C)CC[C@@]34c5ccccc5N[C@]35OC[C@@]4(C(=O)O)[C@H]1C2C5=O. The fraction of sp³-hybridized carbons (Fsp3) is 0.524. The zero-order chi connectivity index (χ0) is 18.8. The number of hydrogen-bond acceptors (Lipinski definition) is 4. The summed E-state index contributed by atoms with van der Waals surface area (Å²) in [7, 11) is 2.11. The number of ether oxygens (including phenoxy) is 1. The van der Waals surface area contributed by atoms with Gasteiger partial charge < -0.3 is 19.6 Å². The van der Waals surface area contributed by atoms with E-state index in [-0.39, 0.29) is 24.3 Å². The van der Waals surface area contributed by atoms with Crippen LogP contribution >= 0.6 is 0 Å². The van der Waals surface area contributed by atoms with Crippen LogP contribution in [-0.2, 0) is 19.7 Å². The van der Waals surface area contributed by atoms with Crippen molar-refractivity contribution in [3.8, 4) is 0 Å². The maximum atomic E-state index is 14.0. The van der Waals surface area contributed by atoms with Crippen molar-refractivity contribution in [2.75, 3.05) is 32.1 Å². The number of likely N-dealkylation sites (N-methyl/N-ethyl adjacent to an activating group) is 1. The molecule has 6 atom stereocenters. The number of fused-ring (bicyclic) bond motifs is 2. The maximum Gasteiger partial charge on any atom is 0.314 e. The van der Waals surface area contributed by atoms with Gasteiger partial charge in [0.15, 0.2) is 6.04 Å². The van der Waals surface area contributed by atoms with E-state index in [0.717, 1.165) is 29.9 Å². The lowest BCUT2D eigenvalue weighted by molar-refractivity contribution is -0.911. The largest absolute Gasteiger partial charge is 0.481 e. The van der Waals surface area contributed by atoms with E-state index in [0.29, 0.717) is 10.9 Å². The van der Waals surface area contributed by atoms with Crippen LogP contribution in [0.25, 0.3) is 0 Å². The molecule has 27 heavy (non-hydrogen) atoms. The van der Waals surface area contributed by atoms with E-state index in [1.807, 2.05) is 37.3 Å². The molecule has 0 aromatic heterocycles. The molecule has 6 bridgehead atoms. The van der Waals surface area contributed by atoms with E-state index in [4.69, 9.17) is 4.74 Å². The summed E-state index contributed by atoms with van der Waals surface area (Å²) in [6, 6.07) is 7.42. The molecule has 7 rings (SSSR count). The molecule has 1 aliphatic carbocycles. The van der Waals surface area contributed by atoms with Gasteiger partial charge in [0.25, 0.3) is 0 Å². The molecule has 140 valence electrons. The minimum atomic E-state index is -1.25. The average Bonchev–Trinajstić information content (AvgIpc) is 3.14. The highest BCUT2D eigenvalue weighted by molar-refractivity contribution is 6.04. The highest BCUT2D eigenvalue weighted by Crippen LogP contribution is 2.74. The summed E-state index contributed by atoms with van der Waals surface area (Å²) >= 11 is 0. The number of hydrogen-bond donors (Lipinski definition) is 2. The lowest BCUT2D eigenvalue weighted by Gasteiger charge is -2.50. The first-order valence-corrected chi connectivity index (χ1v) is 9.67. The van der Waals surface area contributed by atoms with Crippen LogP contribution in [0, 0.1) is 11.3 Å². The molecule has 5 aliphatic heterocycles. The number of carboxylic acid groups (broad SMARTS) is 1. The lowest BCUT2D eigenvalue weighted by atomic mass is 9.46. The molecular formula is C21H23N2O4+. The monoisotopic (exact) mass is 367 g/mol. The van der Waals surface area contributed by atoms with E-state index in [9.17, 15) is 14.7 Å². The number of nitrogens with zero attached hydrogens (tertiary/aromatic N) is 1. The Hall–Kier alpha value is -2.18. The Morgan fingerprint density at radius 2 is 2.19 bits per heavy atom. The topological polar surface area (TPSA) is 75.6 Å². The number of rotatable bonds is 1. The van der Waals surface area contributed by atoms with Gasteiger partial charge in [-0.05, 0) is 24.1 Å². The number of carbonyl (C=O) groups is 2. The number of ketones is 1. The predicted molar refractivity (Wildman–Crippen MR) is 97.1 cm³/mol. The summed E-state index contributed by atoms with van der Waals surface area (Å²) < 4.78 is 6.86. The maximum absolute atomic E-state index is 14.0. The minimum Gasteiger partial charge on any atom is -0.481 e. The smallest absolute Gasteiger partial charge is 0.314 e. The number of quaternary nitrogens is 1. The van der Waals surface area contributed by atoms with Crippen LogP contribution in [0.4, 0.5) is 5.69 Å². The van der Waals surface area contributed by atoms with Gasteiger partial charge in [0.05, 0.1) is 31.5 Å². The Morgan fingerprint density at radius 1 is 1.41 bits per heavy atom. The highest BCUT2D eigenvalue weighted by atomic mass is 16.5. The summed E-state index contributed by atoms with van der Waals surface area (Å²) in [6.07, 6.45) is 2.67. The molecule has 6 nitrogen and oxygen atoms in total.